The lowest BCUT2D eigenvalue weighted by Crippen LogP contribution is -2.12. The van der Waals surface area contributed by atoms with Crippen LogP contribution in [0.2, 0.25) is 5.02 Å². The van der Waals surface area contributed by atoms with E-state index >= 15 is 0 Å². The fourth-order valence-electron chi connectivity index (χ4n) is 2.83. The minimum absolute atomic E-state index is 0.100. The molecule has 0 aliphatic heterocycles. The van der Waals surface area contributed by atoms with Crippen LogP contribution < -0.4 is 10.6 Å². The number of nitrogens with one attached hydrogen (secondary N) is 2. The van der Waals surface area contributed by atoms with Crippen LogP contribution in [-0.2, 0) is 0 Å². The maximum absolute atomic E-state index is 12.8. The second-order valence-corrected chi connectivity index (χ2v) is 8.47. The highest BCUT2D eigenvalue weighted by Crippen LogP contribution is 2.40. The number of benzene rings is 2. The molecule has 0 radical (unpaired) electrons. The van der Waals surface area contributed by atoms with Gasteiger partial charge in [-0.15, -0.1) is 22.7 Å². The molecule has 0 saturated carbocycles. The molecule has 2 aromatic heterocycles. The van der Waals surface area contributed by atoms with E-state index in [0.717, 1.165) is 11.3 Å². The highest BCUT2D eigenvalue weighted by Gasteiger charge is 2.22. The number of amides is 2. The third kappa shape index (κ3) is 3.90. The molecule has 0 bridgehead atoms. The predicted molar refractivity (Wildman–Crippen MR) is 120 cm³/mol. The van der Waals surface area contributed by atoms with Crippen LogP contribution >= 0.6 is 34.3 Å². The van der Waals surface area contributed by atoms with Gasteiger partial charge in [0.05, 0.1) is 14.8 Å². The Labute approximate surface area is 183 Å². The molecule has 4 aromatic rings. The molecule has 150 valence electrons. The molecular weight excluding hydrogens is 446 g/mol. The van der Waals surface area contributed by atoms with Crippen molar-refractivity contribution in [3.8, 4) is 0 Å². The van der Waals surface area contributed by atoms with Crippen molar-refractivity contribution in [2.75, 3.05) is 10.6 Å². The Morgan fingerprint density at radius 1 is 0.967 bits per heavy atom. The predicted octanol–water partition coefficient (Wildman–Crippen LogP) is 6.03. The molecule has 0 aliphatic rings. The van der Waals surface area contributed by atoms with Gasteiger partial charge < -0.3 is 10.6 Å². The van der Waals surface area contributed by atoms with Gasteiger partial charge in [-0.05, 0) is 29.6 Å². The summed E-state index contributed by atoms with van der Waals surface area (Å²) >= 11 is 8.61. The normalized spacial score (nSPS) is 10.7. The van der Waals surface area contributed by atoms with Gasteiger partial charge in [-0.1, -0.05) is 35.9 Å². The highest BCUT2D eigenvalue weighted by molar-refractivity contribution is 7.22. The molecule has 4 rings (SSSR count). The molecule has 0 spiro atoms. The quantitative estimate of drug-likeness (QED) is 0.282. The van der Waals surface area contributed by atoms with Crippen LogP contribution in [0.3, 0.4) is 0 Å². The van der Waals surface area contributed by atoms with E-state index in [2.05, 4.69) is 10.6 Å². The van der Waals surface area contributed by atoms with E-state index in [4.69, 9.17) is 11.6 Å². The molecule has 0 unspecified atom stereocenters. The summed E-state index contributed by atoms with van der Waals surface area (Å²) in [7, 11) is 0. The average Bonchev–Trinajstić information content (AvgIpc) is 3.37. The van der Waals surface area contributed by atoms with Gasteiger partial charge in [0, 0.05) is 22.8 Å². The highest BCUT2D eigenvalue weighted by atomic mass is 35.5. The molecule has 2 amide bonds. The van der Waals surface area contributed by atoms with Crippen molar-refractivity contribution in [2.45, 2.75) is 0 Å². The summed E-state index contributed by atoms with van der Waals surface area (Å²) in [5.74, 6) is -0.731. The number of rotatable bonds is 5. The first-order valence-corrected chi connectivity index (χ1v) is 10.6. The summed E-state index contributed by atoms with van der Waals surface area (Å²) in [6.45, 7) is 0. The number of carbonyl (C=O) groups is 2. The van der Waals surface area contributed by atoms with Crippen LogP contribution in [0.1, 0.15) is 19.3 Å². The molecule has 2 N–H and O–H groups in total. The number of thiophene rings is 2. The number of carbonyl (C=O) groups excluding carboxylic acids is 2. The van der Waals surface area contributed by atoms with E-state index in [1.165, 1.54) is 23.5 Å². The Bertz CT molecular complexity index is 1280. The maximum Gasteiger partial charge on any atom is 0.287 e. The van der Waals surface area contributed by atoms with E-state index in [1.807, 2.05) is 5.38 Å². The Balaban J connectivity index is 1.57. The molecule has 0 fully saturated rings. The molecule has 2 aromatic carbocycles. The van der Waals surface area contributed by atoms with Gasteiger partial charge in [0.25, 0.3) is 17.5 Å². The summed E-state index contributed by atoms with van der Waals surface area (Å²) in [6, 6.07) is 14.7. The minimum Gasteiger partial charge on any atom is -0.321 e. The molecule has 10 heteroatoms. The molecule has 0 saturated heterocycles. The lowest BCUT2D eigenvalue weighted by atomic mass is 10.2. The molecular formula is C20H12ClN3O4S2. The molecule has 0 aliphatic carbocycles. The molecule has 2 heterocycles. The maximum atomic E-state index is 12.8. The zero-order valence-electron chi connectivity index (χ0n) is 15.0. The summed E-state index contributed by atoms with van der Waals surface area (Å²) in [5.41, 5.74) is 0.869. The van der Waals surface area contributed by atoms with Crippen molar-refractivity contribution in [3.05, 3.63) is 84.9 Å². The summed E-state index contributed by atoms with van der Waals surface area (Å²) in [4.78, 5) is 36.5. The van der Waals surface area contributed by atoms with Crippen LogP contribution in [0.25, 0.3) is 10.1 Å². The van der Waals surface area contributed by atoms with Crippen LogP contribution in [-0.4, -0.2) is 16.7 Å². The largest absolute Gasteiger partial charge is 0.321 e. The van der Waals surface area contributed by atoms with E-state index in [-0.39, 0.29) is 21.5 Å². The molecule has 7 nitrogen and oxygen atoms in total. The number of nitrogens with zero attached hydrogens (tertiary/aromatic N) is 1. The number of fused-ring (bicyclic) bond motifs is 1. The number of nitro groups is 1. The average molecular weight is 458 g/mol. The van der Waals surface area contributed by atoms with Gasteiger partial charge in [-0.25, -0.2) is 0 Å². The van der Waals surface area contributed by atoms with Crippen molar-refractivity contribution < 1.29 is 14.5 Å². The van der Waals surface area contributed by atoms with Gasteiger partial charge in [-0.2, -0.15) is 0 Å². The second kappa shape index (κ2) is 8.23. The Hall–Kier alpha value is -3.27. The number of anilines is 2. The summed E-state index contributed by atoms with van der Waals surface area (Å²) in [6.07, 6.45) is 0. The first kappa shape index (κ1) is 20.0. The van der Waals surface area contributed by atoms with E-state index in [1.54, 1.807) is 42.5 Å². The lowest BCUT2D eigenvalue weighted by molar-refractivity contribution is -0.382. The first-order valence-electron chi connectivity index (χ1n) is 8.55. The number of hydrogen-bond acceptors (Lipinski definition) is 6. The van der Waals surface area contributed by atoms with Crippen molar-refractivity contribution in [1.29, 1.82) is 0 Å². The Morgan fingerprint density at radius 3 is 2.33 bits per heavy atom. The fraction of sp³-hybridized carbons (Fsp3) is 0. The minimum atomic E-state index is -0.503. The standard InChI is InChI=1S/C20H12ClN3O4S2/c21-16-13-6-2-7-14(24(27)28)17(13)30-18(16)20(26)23-12-5-1-4-11(10-12)22-19(25)15-8-3-9-29-15/h1-10H,(H,22,25)(H,23,26). The van der Waals surface area contributed by atoms with E-state index in [9.17, 15) is 19.7 Å². The lowest BCUT2D eigenvalue weighted by Gasteiger charge is -2.08. The molecule has 30 heavy (non-hydrogen) atoms. The fourth-order valence-corrected chi connectivity index (χ4v) is 4.94. The van der Waals surface area contributed by atoms with Crippen LogP contribution in [0.4, 0.5) is 17.1 Å². The number of non-ortho nitro benzene ring substituents is 1. The van der Waals surface area contributed by atoms with E-state index < -0.39 is 10.8 Å². The Morgan fingerprint density at radius 2 is 1.67 bits per heavy atom. The van der Waals surface area contributed by atoms with Gasteiger partial charge in [0.1, 0.15) is 9.58 Å². The zero-order valence-corrected chi connectivity index (χ0v) is 17.4. The van der Waals surface area contributed by atoms with Gasteiger partial charge in [0.2, 0.25) is 0 Å². The third-order valence-electron chi connectivity index (χ3n) is 4.16. The number of halogens is 1. The van der Waals surface area contributed by atoms with Crippen LogP contribution in [0.15, 0.2) is 60.0 Å². The van der Waals surface area contributed by atoms with Crippen molar-refractivity contribution >= 4 is 73.2 Å². The van der Waals surface area contributed by atoms with Crippen molar-refractivity contribution in [1.82, 2.24) is 0 Å². The van der Waals surface area contributed by atoms with Crippen LogP contribution in [0.5, 0.6) is 0 Å². The van der Waals surface area contributed by atoms with E-state index in [0.29, 0.717) is 26.3 Å². The summed E-state index contributed by atoms with van der Waals surface area (Å²) in [5, 5.41) is 19.2. The van der Waals surface area contributed by atoms with Gasteiger partial charge in [0.15, 0.2) is 0 Å². The second-order valence-electron chi connectivity index (χ2n) is 6.12. The zero-order chi connectivity index (χ0) is 21.3. The van der Waals surface area contributed by atoms with Gasteiger partial charge >= 0.3 is 0 Å². The monoisotopic (exact) mass is 457 g/mol. The smallest absolute Gasteiger partial charge is 0.287 e. The SMILES string of the molecule is O=C(Nc1cccc(NC(=O)c2sc3c([N+](=O)[O-])cccc3c2Cl)c1)c1cccs1. The van der Waals surface area contributed by atoms with Crippen LogP contribution in [0, 0.1) is 10.1 Å². The number of hydrogen-bond donors (Lipinski definition) is 2. The molecule has 0 atom stereocenters. The summed E-state index contributed by atoms with van der Waals surface area (Å²) < 4.78 is 0.342. The van der Waals surface area contributed by atoms with Crippen molar-refractivity contribution in [3.63, 3.8) is 0 Å². The van der Waals surface area contributed by atoms with Crippen molar-refractivity contribution in [2.24, 2.45) is 0 Å². The topological polar surface area (TPSA) is 101 Å². The Kier molecular flexibility index (Phi) is 5.49. The first-order chi connectivity index (χ1) is 14.4. The van der Waals surface area contributed by atoms with Gasteiger partial charge in [-0.3, -0.25) is 19.7 Å². The number of nitro benzene ring substituents is 1. The third-order valence-corrected chi connectivity index (χ3v) is 6.76.